The van der Waals surface area contributed by atoms with Gasteiger partial charge in [-0.05, 0) is 6.42 Å². The third-order valence-electron chi connectivity index (χ3n) is 1.58. The molecular formula is C7H15NO4. The van der Waals surface area contributed by atoms with Crippen LogP contribution in [0.1, 0.15) is 13.3 Å². The van der Waals surface area contributed by atoms with Crippen molar-refractivity contribution in [3.05, 3.63) is 0 Å². The Morgan fingerprint density at radius 2 is 1.92 bits per heavy atom. The van der Waals surface area contributed by atoms with Crippen molar-refractivity contribution in [1.82, 2.24) is 5.32 Å². The number of hydrogen-bond acceptors (Lipinski definition) is 4. The maximum absolute atomic E-state index is 10.5. The Morgan fingerprint density at radius 3 is 2.17 bits per heavy atom. The van der Waals surface area contributed by atoms with Gasteiger partial charge in [0.15, 0.2) is 0 Å². The standard InChI is InChI=1S/C7H15NO4/c1-2-6(7(11)12)8-5(3-9)4-10/h5-6,8-10H,2-4H2,1H3,(H,11,12). The number of carbonyl (C=O) groups is 1. The number of carboxylic acid groups (broad SMARTS) is 1. The second-order valence-corrected chi connectivity index (χ2v) is 2.53. The predicted octanol–water partition coefficient (Wildman–Crippen LogP) is -1.21. The number of aliphatic carboxylic acids is 1. The molecule has 0 fully saturated rings. The largest absolute Gasteiger partial charge is 0.480 e. The summed E-state index contributed by atoms with van der Waals surface area (Å²) in [6.45, 7) is 1.19. The minimum atomic E-state index is -0.968. The summed E-state index contributed by atoms with van der Waals surface area (Å²) in [6.07, 6.45) is 0.422. The molecule has 72 valence electrons. The van der Waals surface area contributed by atoms with Crippen LogP contribution in [-0.4, -0.2) is 46.6 Å². The summed E-state index contributed by atoms with van der Waals surface area (Å²) < 4.78 is 0. The summed E-state index contributed by atoms with van der Waals surface area (Å²) in [4.78, 5) is 10.5. The number of nitrogens with one attached hydrogen (secondary N) is 1. The molecule has 0 bridgehead atoms. The van der Waals surface area contributed by atoms with Crippen molar-refractivity contribution in [1.29, 1.82) is 0 Å². The molecule has 0 radical (unpaired) electrons. The van der Waals surface area contributed by atoms with Crippen LogP contribution in [-0.2, 0) is 4.79 Å². The SMILES string of the molecule is CCC(NC(CO)CO)C(=O)O. The number of aliphatic hydroxyl groups excluding tert-OH is 2. The van der Waals surface area contributed by atoms with Gasteiger partial charge in [-0.25, -0.2) is 0 Å². The van der Waals surface area contributed by atoms with Gasteiger partial charge in [-0.15, -0.1) is 0 Å². The van der Waals surface area contributed by atoms with E-state index in [1.807, 2.05) is 0 Å². The van der Waals surface area contributed by atoms with Crippen molar-refractivity contribution in [2.45, 2.75) is 25.4 Å². The topological polar surface area (TPSA) is 89.8 Å². The van der Waals surface area contributed by atoms with E-state index in [1.165, 1.54) is 0 Å². The maximum Gasteiger partial charge on any atom is 0.320 e. The lowest BCUT2D eigenvalue weighted by Crippen LogP contribution is -2.46. The number of hydrogen-bond donors (Lipinski definition) is 4. The molecule has 0 spiro atoms. The summed E-state index contributed by atoms with van der Waals surface area (Å²) >= 11 is 0. The molecule has 0 heterocycles. The second kappa shape index (κ2) is 5.93. The Kier molecular flexibility index (Phi) is 5.61. The van der Waals surface area contributed by atoms with Gasteiger partial charge >= 0.3 is 5.97 Å². The molecule has 0 aromatic rings. The highest BCUT2D eigenvalue weighted by atomic mass is 16.4. The van der Waals surface area contributed by atoms with Gasteiger partial charge in [0.2, 0.25) is 0 Å². The molecule has 0 aromatic carbocycles. The first-order chi connectivity index (χ1) is 5.65. The van der Waals surface area contributed by atoms with Crippen LogP contribution in [0, 0.1) is 0 Å². The molecule has 12 heavy (non-hydrogen) atoms. The molecule has 0 amide bonds. The van der Waals surface area contributed by atoms with Crippen molar-refractivity contribution >= 4 is 5.97 Å². The molecule has 0 aliphatic rings. The third kappa shape index (κ3) is 3.66. The Hall–Kier alpha value is -0.650. The van der Waals surface area contributed by atoms with E-state index in [2.05, 4.69) is 5.32 Å². The van der Waals surface area contributed by atoms with E-state index < -0.39 is 18.1 Å². The van der Waals surface area contributed by atoms with Crippen LogP contribution in [0.4, 0.5) is 0 Å². The van der Waals surface area contributed by atoms with E-state index >= 15 is 0 Å². The number of rotatable bonds is 6. The van der Waals surface area contributed by atoms with E-state index in [-0.39, 0.29) is 13.2 Å². The average Bonchev–Trinajstić information content (AvgIpc) is 2.06. The van der Waals surface area contributed by atoms with Gasteiger partial charge in [0, 0.05) is 0 Å². The molecule has 5 nitrogen and oxygen atoms in total. The highest BCUT2D eigenvalue weighted by molar-refractivity contribution is 5.73. The fraction of sp³-hybridized carbons (Fsp3) is 0.857. The Labute approximate surface area is 71.0 Å². The zero-order valence-corrected chi connectivity index (χ0v) is 7.03. The lowest BCUT2D eigenvalue weighted by Gasteiger charge is -2.18. The van der Waals surface area contributed by atoms with E-state index in [9.17, 15) is 4.79 Å². The summed E-state index contributed by atoms with van der Waals surface area (Å²) in [7, 11) is 0. The normalized spacial score (nSPS) is 13.3. The second-order valence-electron chi connectivity index (χ2n) is 2.53. The molecule has 0 aromatic heterocycles. The van der Waals surface area contributed by atoms with E-state index in [4.69, 9.17) is 15.3 Å². The van der Waals surface area contributed by atoms with Gasteiger partial charge < -0.3 is 15.3 Å². The van der Waals surface area contributed by atoms with Gasteiger partial charge in [0.1, 0.15) is 6.04 Å². The molecule has 4 N–H and O–H groups in total. The molecular weight excluding hydrogens is 162 g/mol. The summed E-state index contributed by atoms with van der Waals surface area (Å²) in [6, 6.07) is -1.25. The molecule has 5 heteroatoms. The zero-order chi connectivity index (χ0) is 9.56. The van der Waals surface area contributed by atoms with Crippen LogP contribution >= 0.6 is 0 Å². The number of aliphatic hydroxyl groups is 2. The Balaban J connectivity index is 3.91. The van der Waals surface area contributed by atoms with Crippen molar-refractivity contribution in [3.8, 4) is 0 Å². The van der Waals surface area contributed by atoms with Gasteiger partial charge in [0.05, 0.1) is 19.3 Å². The Bertz CT molecular complexity index is 135. The van der Waals surface area contributed by atoms with Gasteiger partial charge in [-0.3, -0.25) is 10.1 Å². The maximum atomic E-state index is 10.5. The van der Waals surface area contributed by atoms with Crippen LogP contribution in [0.5, 0.6) is 0 Å². The van der Waals surface area contributed by atoms with E-state index in [1.54, 1.807) is 6.92 Å². The lowest BCUT2D eigenvalue weighted by atomic mass is 10.2. The highest BCUT2D eigenvalue weighted by Gasteiger charge is 2.18. The van der Waals surface area contributed by atoms with E-state index in [0.717, 1.165) is 0 Å². The minimum Gasteiger partial charge on any atom is -0.480 e. The van der Waals surface area contributed by atoms with Crippen molar-refractivity contribution < 1.29 is 20.1 Å². The average molecular weight is 177 g/mol. The molecule has 0 saturated heterocycles. The zero-order valence-electron chi connectivity index (χ0n) is 7.03. The van der Waals surface area contributed by atoms with Crippen molar-refractivity contribution in [3.63, 3.8) is 0 Å². The minimum absolute atomic E-state index is 0.264. The molecule has 1 unspecified atom stereocenters. The van der Waals surface area contributed by atoms with E-state index in [0.29, 0.717) is 6.42 Å². The fourth-order valence-corrected chi connectivity index (χ4v) is 0.811. The molecule has 1 atom stereocenters. The molecule has 0 aliphatic heterocycles. The fourth-order valence-electron chi connectivity index (χ4n) is 0.811. The van der Waals surface area contributed by atoms with Crippen LogP contribution in [0.2, 0.25) is 0 Å². The monoisotopic (exact) mass is 177 g/mol. The quantitative estimate of drug-likeness (QED) is 0.409. The van der Waals surface area contributed by atoms with Crippen LogP contribution in [0.25, 0.3) is 0 Å². The van der Waals surface area contributed by atoms with Gasteiger partial charge in [-0.2, -0.15) is 0 Å². The Morgan fingerprint density at radius 1 is 1.42 bits per heavy atom. The first kappa shape index (κ1) is 11.4. The van der Waals surface area contributed by atoms with Crippen molar-refractivity contribution in [2.24, 2.45) is 0 Å². The first-order valence-corrected chi connectivity index (χ1v) is 3.86. The molecule has 0 aliphatic carbocycles. The number of carboxylic acids is 1. The van der Waals surface area contributed by atoms with Gasteiger partial charge in [0.25, 0.3) is 0 Å². The van der Waals surface area contributed by atoms with Crippen molar-refractivity contribution in [2.75, 3.05) is 13.2 Å². The molecule has 0 rings (SSSR count). The predicted molar refractivity (Wildman–Crippen MR) is 42.8 cm³/mol. The van der Waals surface area contributed by atoms with Crippen LogP contribution < -0.4 is 5.32 Å². The smallest absolute Gasteiger partial charge is 0.320 e. The third-order valence-corrected chi connectivity index (χ3v) is 1.58. The summed E-state index contributed by atoms with van der Waals surface area (Å²) in [5.74, 6) is -0.968. The van der Waals surface area contributed by atoms with Crippen LogP contribution in [0.3, 0.4) is 0 Å². The highest BCUT2D eigenvalue weighted by Crippen LogP contribution is 1.93. The lowest BCUT2D eigenvalue weighted by molar-refractivity contribution is -0.139. The molecule has 0 saturated carbocycles. The summed E-state index contributed by atoms with van der Waals surface area (Å²) in [5.41, 5.74) is 0. The van der Waals surface area contributed by atoms with Gasteiger partial charge in [-0.1, -0.05) is 6.92 Å². The van der Waals surface area contributed by atoms with Crippen LogP contribution in [0.15, 0.2) is 0 Å². The summed E-state index contributed by atoms with van der Waals surface area (Å²) in [5, 5.41) is 28.5. The first-order valence-electron chi connectivity index (χ1n) is 3.86.